The summed E-state index contributed by atoms with van der Waals surface area (Å²) in [5, 5.41) is 157. The first-order chi connectivity index (χ1) is 66.6. The fourth-order valence-electron chi connectivity index (χ4n) is 19.2. The van der Waals surface area contributed by atoms with Gasteiger partial charge in [-0.2, -0.15) is 13.6 Å². The molecule has 0 spiro atoms. The van der Waals surface area contributed by atoms with Crippen LogP contribution in [0.25, 0.3) is 11.0 Å². The molecule has 8 amide bonds. The van der Waals surface area contributed by atoms with Crippen LogP contribution >= 0.6 is 23.5 Å². The normalized spacial score (nSPS) is 32.7. The number of nitrogens with one attached hydrogen (secondary N) is 6. The SMILES string of the molecule is C[C@@]1(O)[C@H](O)[C@@H](CO)O[C@H]1N1Cc2c(N3CCCC3)ccnc2NC1=O.C[C@@]1(O)[C@H](O)[C@@H](CO)O[C@H]1N1Cc2c(N3CCCCC3)ccnc2NC1=O.C[C@@]1(O)[C@H](O)[C@@H](CO)O[C@H]1N1Cc2c(N3CCNCC3)ccnc2NC1=O.C[C@@]1(O)[C@H](O)[C@@H](CO)O[C@H]1N1Cc2c(N3CCOCC3)ccnc2NC1=O.C[C@]1(O)C(n2cc3ccc(=O)[nH]c3nc2=O)O[C@H](COP(=O)(O)OP(=O)(O)OP(=O)(O)O)[C@H]1O. The highest BCUT2D eigenvalue weighted by molar-refractivity contribution is 7.66. The molecule has 22 atom stereocenters. The summed E-state index contributed by atoms with van der Waals surface area (Å²) in [7, 11) is -16.9. The number of fused-ring (bicyclic) bond motifs is 5. The summed E-state index contributed by atoms with van der Waals surface area (Å²) >= 11 is 0. The van der Waals surface area contributed by atoms with Crippen molar-refractivity contribution >= 4 is 105 Å². The van der Waals surface area contributed by atoms with Crippen LogP contribution in [0.3, 0.4) is 0 Å². The monoisotopic (exact) mass is 2050 g/mol. The van der Waals surface area contributed by atoms with Crippen LogP contribution in [-0.2, 0) is 81.4 Å². The third-order valence-electron chi connectivity index (χ3n) is 26.7. The zero-order valence-electron chi connectivity index (χ0n) is 76.9. The van der Waals surface area contributed by atoms with Crippen LogP contribution < -0.4 is 57.4 Å². The molecule has 24 N–H and O–H groups in total. The Labute approximate surface area is 802 Å². The van der Waals surface area contributed by atoms with Crippen molar-refractivity contribution in [3.63, 3.8) is 0 Å². The van der Waals surface area contributed by atoms with Crippen molar-refractivity contribution in [2.24, 2.45) is 0 Å². The van der Waals surface area contributed by atoms with Gasteiger partial charge in [0.1, 0.15) is 118 Å². The Hall–Kier alpha value is -9.46. The van der Waals surface area contributed by atoms with E-state index in [1.165, 1.54) is 59.8 Å². The smallest absolute Gasteiger partial charge is 0.394 e. The van der Waals surface area contributed by atoms with Crippen molar-refractivity contribution in [3.05, 3.63) is 110 Å². The molecule has 0 aromatic carbocycles. The number of rotatable bonds is 20. The number of aromatic nitrogens is 7. The number of urea groups is 4. The number of H-pyrrole nitrogens is 1. The van der Waals surface area contributed by atoms with Crippen LogP contribution in [0.1, 0.15) is 95.2 Å². The van der Waals surface area contributed by atoms with Crippen LogP contribution in [0.4, 0.5) is 65.2 Å². The lowest BCUT2D eigenvalue weighted by molar-refractivity contribution is -0.120. The van der Waals surface area contributed by atoms with Crippen molar-refractivity contribution in [3.8, 4) is 0 Å². The highest BCUT2D eigenvalue weighted by atomic mass is 31.3. The van der Waals surface area contributed by atoms with Crippen LogP contribution in [0, 0.1) is 0 Å². The van der Waals surface area contributed by atoms with Gasteiger partial charge in [0.15, 0.2) is 31.1 Å². The topological polar surface area (TPSA) is 772 Å². The van der Waals surface area contributed by atoms with Crippen molar-refractivity contribution in [2.45, 2.75) is 213 Å². The molecule has 59 heteroatoms. The maximum atomic E-state index is 12.6. The molecule has 0 bridgehead atoms. The lowest BCUT2D eigenvalue weighted by Crippen LogP contribution is -2.57. The summed E-state index contributed by atoms with van der Waals surface area (Å²) in [4.78, 5) is 147. The Morgan fingerprint density at radius 2 is 0.730 bits per heavy atom. The minimum atomic E-state index is -5.76. The minimum Gasteiger partial charge on any atom is -0.394 e. The number of hydrogen-bond acceptors (Lipinski definition) is 42. The van der Waals surface area contributed by atoms with Crippen LogP contribution in [-0.4, -0.2) is 395 Å². The number of aliphatic hydroxyl groups excluding tert-OH is 9. The molecule has 13 aliphatic rings. The second kappa shape index (κ2) is 42.3. The summed E-state index contributed by atoms with van der Waals surface area (Å²) in [5.74, 6) is 1.98. The van der Waals surface area contributed by atoms with E-state index >= 15 is 0 Å². The zero-order chi connectivity index (χ0) is 102. The molecule has 776 valence electrons. The molecule has 19 heterocycles. The molecule has 19 rings (SSSR count). The molecule has 6 aromatic rings. The van der Waals surface area contributed by atoms with Gasteiger partial charge in [0.05, 0.1) is 72.4 Å². The van der Waals surface area contributed by atoms with Crippen LogP contribution in [0.5, 0.6) is 0 Å². The number of anilines is 8. The number of phosphoric ester groups is 1. The van der Waals surface area contributed by atoms with Crippen molar-refractivity contribution < 1.29 is 166 Å². The predicted molar refractivity (Wildman–Crippen MR) is 487 cm³/mol. The van der Waals surface area contributed by atoms with Gasteiger partial charge in [-0.15, -0.1) is 0 Å². The number of piperazine rings is 1. The summed E-state index contributed by atoms with van der Waals surface area (Å²) < 4.78 is 79.5. The molecular formula is C82H117N20O36P3. The number of piperidine rings is 1. The highest BCUT2D eigenvalue weighted by Gasteiger charge is 2.62. The van der Waals surface area contributed by atoms with E-state index in [0.717, 1.165) is 160 Å². The van der Waals surface area contributed by atoms with Crippen LogP contribution in [0.15, 0.2) is 77.0 Å². The average molecular weight is 2050 g/mol. The minimum absolute atomic E-state index is 0.0591. The number of carbonyl (C=O) groups is 4. The van der Waals surface area contributed by atoms with Gasteiger partial charge in [-0.25, -0.2) is 57.6 Å². The number of pyridine rings is 5. The molecule has 9 saturated heterocycles. The van der Waals surface area contributed by atoms with E-state index in [-0.39, 0.29) is 37.2 Å². The van der Waals surface area contributed by atoms with E-state index < -0.39 is 212 Å². The zero-order valence-corrected chi connectivity index (χ0v) is 79.6. The van der Waals surface area contributed by atoms with Crippen molar-refractivity contribution in [1.82, 2.24) is 59.4 Å². The number of morpholine rings is 1. The van der Waals surface area contributed by atoms with Gasteiger partial charge in [-0.1, -0.05) is 0 Å². The summed E-state index contributed by atoms with van der Waals surface area (Å²) in [6.07, 6.45) is -4.91. The van der Waals surface area contributed by atoms with Gasteiger partial charge in [-0.3, -0.25) is 54.8 Å². The number of carbonyl (C=O) groups excluding carboxylic acids is 4. The molecular weight excluding hydrogens is 1930 g/mol. The first-order valence-electron chi connectivity index (χ1n) is 45.3. The molecule has 56 nitrogen and oxygen atoms in total. The summed E-state index contributed by atoms with van der Waals surface area (Å²) in [6.45, 7) is 14.5. The van der Waals surface area contributed by atoms with E-state index in [4.69, 9.17) is 43.1 Å². The van der Waals surface area contributed by atoms with Gasteiger partial charge in [0.25, 0.3) is 0 Å². The van der Waals surface area contributed by atoms with Crippen molar-refractivity contribution in [1.29, 1.82) is 0 Å². The number of hydrogen-bond donors (Lipinski definition) is 24. The number of aliphatic hydroxyl groups is 14. The Kier molecular flexibility index (Phi) is 31.8. The quantitative estimate of drug-likeness (QED) is 0.0327. The van der Waals surface area contributed by atoms with Gasteiger partial charge < -0.3 is 149 Å². The van der Waals surface area contributed by atoms with E-state index in [1.807, 2.05) is 24.3 Å². The molecule has 0 aliphatic carbocycles. The predicted octanol–water partition coefficient (Wildman–Crippen LogP) is -3.69. The molecule has 141 heavy (non-hydrogen) atoms. The van der Waals surface area contributed by atoms with E-state index in [2.05, 4.69) is 89.2 Å². The fraction of sp³-hybridized carbons (Fsp3) is 0.622. The first kappa shape index (κ1) is 106. The number of ether oxygens (including phenoxy) is 6. The van der Waals surface area contributed by atoms with Gasteiger partial charge in [-0.05, 0) is 97.1 Å². The highest BCUT2D eigenvalue weighted by Crippen LogP contribution is 2.66. The number of phosphoric acid groups is 3. The van der Waals surface area contributed by atoms with Gasteiger partial charge in [0.2, 0.25) is 5.56 Å². The van der Waals surface area contributed by atoms with Gasteiger partial charge in [0, 0.05) is 153 Å². The number of aromatic amines is 1. The standard InChI is InChI=1S/C18H26N4O5.C17H25N5O5.C17H24N4O6.C17H24N4O5.C13H18N3O15P3/c1-18(26)14(24)13(10-23)27-16(18)22-9-11-12(21-7-3-2-4-8-21)5-6-19-15(11)20-17(22)25;1-17(26)13(24)12(9-23)27-15(17)22-8-10-11(21-6-4-18-5-7-21)2-3-19-14(10)20-16(22)25;1-17(25)13(23)12(9-22)27-15(17)21-8-10-11(20-4-6-26-7-5-20)2-3-18-14(10)19-16(21)24;1-17(25)13(23)12(9-22)26-15(17)21-8-10-11(20-6-2-3-7-20)4-5-18-14(10)19-16(21)24;1-13(20)9(18)7(5-28-33(24,25)31-34(26,27)30-32(21,22)23)29-11(13)16-4-6-2-3-8(17)14-10(6)15-12(16)19/h5-6,13-14,16,23-24,26H,2-4,7-10H2,1H3,(H,19,20,25);2-3,12-13,15,18,23-24,26H,4-9H2,1H3,(H,19,20,25);2-3,12-13,15,22-23,25H,4-9H2,1H3,(H,18,19,24);4-5,12-13,15,22-23,25H,2-3,6-9H2,1H3,(H,18,19,24);2-4,7,9,11,18,20H,5H2,1H3,(H,24,25)(H,26,27)(H2,21,22,23)(H,14,15,17,19)/t13-,14-,16-,18-;3*12-,13-,15-,17-;7-,9-,11?,13-/m11111/s1. The molecule has 0 saturated carbocycles. The lowest BCUT2D eigenvalue weighted by Gasteiger charge is -2.40. The first-order valence-corrected chi connectivity index (χ1v) is 49.8. The third kappa shape index (κ3) is 22.1. The molecule has 3 unspecified atom stereocenters. The maximum absolute atomic E-state index is 12.6. The Morgan fingerprint density at radius 1 is 0.411 bits per heavy atom. The maximum Gasteiger partial charge on any atom is 0.490 e. The molecule has 0 radical (unpaired) electrons. The molecule has 13 aliphatic heterocycles. The largest absolute Gasteiger partial charge is 0.490 e. The second-order valence-electron chi connectivity index (χ2n) is 36.6. The lowest BCUT2D eigenvalue weighted by atomic mass is 9.95. The van der Waals surface area contributed by atoms with Gasteiger partial charge >= 0.3 is 53.3 Å². The van der Waals surface area contributed by atoms with E-state index in [9.17, 15) is 119 Å². The Bertz CT molecular complexity index is 5520. The third-order valence-corrected chi connectivity index (χ3v) is 30.5. The number of amides is 8. The summed E-state index contributed by atoms with van der Waals surface area (Å²) in [5.41, 5.74) is -3.32. The Balaban J connectivity index is 0.000000134. The molecule has 6 aromatic heterocycles. The second-order valence-corrected chi connectivity index (χ2v) is 41.0. The van der Waals surface area contributed by atoms with Crippen LogP contribution in [0.2, 0.25) is 0 Å². The Morgan fingerprint density at radius 3 is 1.07 bits per heavy atom. The van der Waals surface area contributed by atoms with E-state index in [0.29, 0.717) is 36.5 Å². The van der Waals surface area contributed by atoms with Crippen molar-refractivity contribution in [2.75, 3.05) is 153 Å². The average Bonchev–Trinajstić information content (AvgIpc) is 1.54. The fourth-order valence-corrected chi connectivity index (χ4v) is 22.2. The molecule has 9 fully saturated rings. The van der Waals surface area contributed by atoms with E-state index in [1.54, 1.807) is 24.8 Å². The number of nitrogens with zero attached hydrogens (tertiary/aromatic N) is 14. The summed E-state index contributed by atoms with van der Waals surface area (Å²) in [6, 6.07) is 8.28.